The monoisotopic (exact) mass is 328 g/mol. The molecule has 0 saturated heterocycles. The van der Waals surface area contributed by atoms with Crippen LogP contribution in [0.25, 0.3) is 11.1 Å². The zero-order valence-electron chi connectivity index (χ0n) is 10.1. The van der Waals surface area contributed by atoms with Crippen molar-refractivity contribution in [2.24, 2.45) is 0 Å². The number of hydrogen-bond acceptors (Lipinski definition) is 4. The molecule has 0 atom stereocenters. The van der Waals surface area contributed by atoms with Crippen molar-refractivity contribution >= 4 is 40.1 Å². The second-order valence-electron chi connectivity index (χ2n) is 3.89. The number of aromatic nitrogens is 2. The molecule has 1 heterocycles. The summed E-state index contributed by atoms with van der Waals surface area (Å²) >= 11 is 3.50. The van der Waals surface area contributed by atoms with Crippen molar-refractivity contribution in [1.82, 2.24) is 9.97 Å². The van der Waals surface area contributed by atoms with Crippen LogP contribution in [-0.4, -0.2) is 9.97 Å². The number of halogens is 2. The molecule has 4 nitrogen and oxygen atoms in total. The molecule has 1 aromatic heterocycles. The molecule has 0 saturated carbocycles. The Morgan fingerprint density at radius 1 is 1.11 bits per heavy atom. The Kier molecular flexibility index (Phi) is 4.53. The van der Waals surface area contributed by atoms with Gasteiger partial charge in [0.05, 0.1) is 5.69 Å². The molecule has 0 fully saturated rings. The first-order chi connectivity index (χ1) is 7.99. The SMILES string of the molecule is Cc1ccc(-c2c(C)nc(N)nc2N)cc1Br.Cl. The summed E-state index contributed by atoms with van der Waals surface area (Å²) in [6, 6.07) is 6.03. The summed E-state index contributed by atoms with van der Waals surface area (Å²) in [7, 11) is 0. The number of hydrogen-bond donors (Lipinski definition) is 2. The number of rotatable bonds is 1. The third kappa shape index (κ3) is 2.73. The van der Waals surface area contributed by atoms with Gasteiger partial charge in [-0.1, -0.05) is 28.1 Å². The Labute approximate surface area is 120 Å². The highest BCUT2D eigenvalue weighted by Gasteiger charge is 2.11. The topological polar surface area (TPSA) is 77.8 Å². The lowest BCUT2D eigenvalue weighted by Crippen LogP contribution is -2.04. The number of nitrogens with two attached hydrogens (primary N) is 2. The lowest BCUT2D eigenvalue weighted by atomic mass is 10.0. The van der Waals surface area contributed by atoms with Crippen molar-refractivity contribution in [1.29, 1.82) is 0 Å². The third-order valence-corrected chi connectivity index (χ3v) is 3.45. The van der Waals surface area contributed by atoms with Crippen LogP contribution in [-0.2, 0) is 0 Å². The zero-order valence-corrected chi connectivity index (χ0v) is 12.5. The smallest absolute Gasteiger partial charge is 0.222 e. The second-order valence-corrected chi connectivity index (χ2v) is 4.75. The molecule has 0 bridgehead atoms. The van der Waals surface area contributed by atoms with Crippen LogP contribution in [0, 0.1) is 13.8 Å². The van der Waals surface area contributed by atoms with Crippen molar-refractivity contribution in [2.75, 3.05) is 11.5 Å². The van der Waals surface area contributed by atoms with E-state index in [9.17, 15) is 0 Å². The van der Waals surface area contributed by atoms with E-state index in [0.717, 1.165) is 21.3 Å². The Hall–Kier alpha value is -1.33. The molecule has 6 heteroatoms. The summed E-state index contributed by atoms with van der Waals surface area (Å²) in [6.45, 7) is 3.90. The molecule has 0 aliphatic rings. The first-order valence-corrected chi connectivity index (χ1v) is 5.94. The van der Waals surface area contributed by atoms with E-state index >= 15 is 0 Å². The summed E-state index contributed by atoms with van der Waals surface area (Å²) in [5.74, 6) is 0.612. The van der Waals surface area contributed by atoms with Gasteiger partial charge in [-0.3, -0.25) is 0 Å². The molecule has 2 rings (SSSR count). The van der Waals surface area contributed by atoms with Crippen LogP contribution in [0.3, 0.4) is 0 Å². The first-order valence-electron chi connectivity index (χ1n) is 5.15. The highest BCUT2D eigenvalue weighted by molar-refractivity contribution is 9.10. The van der Waals surface area contributed by atoms with Gasteiger partial charge in [-0.05, 0) is 31.0 Å². The van der Waals surface area contributed by atoms with Gasteiger partial charge in [0.1, 0.15) is 5.82 Å². The zero-order chi connectivity index (χ0) is 12.6. The minimum atomic E-state index is 0. The number of nitrogen functional groups attached to an aromatic ring is 2. The van der Waals surface area contributed by atoms with E-state index in [4.69, 9.17) is 11.5 Å². The van der Waals surface area contributed by atoms with Crippen molar-refractivity contribution in [3.63, 3.8) is 0 Å². The fraction of sp³-hybridized carbons (Fsp3) is 0.167. The maximum absolute atomic E-state index is 5.90. The standard InChI is InChI=1S/C12H13BrN4.ClH/c1-6-3-4-8(5-9(6)13)10-7(2)16-12(15)17-11(10)14;/h3-5H,1-2H3,(H4,14,15,16,17);1H. The number of nitrogens with zero attached hydrogens (tertiary/aromatic N) is 2. The molecule has 0 unspecified atom stereocenters. The lowest BCUT2D eigenvalue weighted by Gasteiger charge is -2.10. The Morgan fingerprint density at radius 2 is 1.78 bits per heavy atom. The first kappa shape index (κ1) is 14.7. The largest absolute Gasteiger partial charge is 0.383 e. The van der Waals surface area contributed by atoms with E-state index in [-0.39, 0.29) is 18.4 Å². The molecule has 0 amide bonds. The Bertz CT molecular complexity index is 563. The van der Waals surface area contributed by atoms with Crippen molar-refractivity contribution in [3.05, 3.63) is 33.9 Å². The van der Waals surface area contributed by atoms with E-state index in [1.807, 2.05) is 32.0 Å². The van der Waals surface area contributed by atoms with E-state index < -0.39 is 0 Å². The van der Waals surface area contributed by atoms with Gasteiger partial charge in [-0.2, -0.15) is 4.98 Å². The third-order valence-electron chi connectivity index (χ3n) is 2.60. The summed E-state index contributed by atoms with van der Waals surface area (Å²) in [5.41, 5.74) is 15.2. The molecule has 2 aromatic rings. The van der Waals surface area contributed by atoms with Gasteiger partial charge in [0.25, 0.3) is 0 Å². The Balaban J connectivity index is 0.00000162. The average molecular weight is 330 g/mol. The molecule has 4 N–H and O–H groups in total. The highest BCUT2D eigenvalue weighted by Crippen LogP contribution is 2.30. The van der Waals surface area contributed by atoms with E-state index in [1.165, 1.54) is 5.56 Å². The van der Waals surface area contributed by atoms with Gasteiger partial charge in [0, 0.05) is 10.0 Å². The summed E-state index contributed by atoms with van der Waals surface area (Å²) < 4.78 is 1.03. The highest BCUT2D eigenvalue weighted by atomic mass is 79.9. The minimum absolute atomic E-state index is 0. The molecule has 96 valence electrons. The summed E-state index contributed by atoms with van der Waals surface area (Å²) in [5, 5.41) is 0. The van der Waals surface area contributed by atoms with Crippen LogP contribution in [0.4, 0.5) is 11.8 Å². The maximum Gasteiger partial charge on any atom is 0.222 e. The molecular weight excluding hydrogens is 316 g/mol. The summed E-state index contributed by atoms with van der Waals surface area (Å²) in [6.07, 6.45) is 0. The molecule has 18 heavy (non-hydrogen) atoms. The van der Waals surface area contributed by atoms with Crippen LogP contribution in [0.5, 0.6) is 0 Å². The average Bonchev–Trinajstić information content (AvgIpc) is 2.21. The van der Waals surface area contributed by atoms with Crippen LogP contribution in [0.2, 0.25) is 0 Å². The number of anilines is 2. The molecular formula is C12H14BrClN4. The van der Waals surface area contributed by atoms with E-state index in [2.05, 4.69) is 25.9 Å². The van der Waals surface area contributed by atoms with Gasteiger partial charge in [0.2, 0.25) is 5.95 Å². The lowest BCUT2D eigenvalue weighted by molar-refractivity contribution is 1.13. The minimum Gasteiger partial charge on any atom is -0.383 e. The van der Waals surface area contributed by atoms with Gasteiger partial charge >= 0.3 is 0 Å². The number of aryl methyl sites for hydroxylation is 2. The van der Waals surface area contributed by atoms with Crippen LogP contribution < -0.4 is 11.5 Å². The fourth-order valence-corrected chi connectivity index (χ4v) is 2.10. The molecule has 0 radical (unpaired) electrons. The van der Waals surface area contributed by atoms with E-state index in [1.54, 1.807) is 0 Å². The van der Waals surface area contributed by atoms with Crippen molar-refractivity contribution in [3.8, 4) is 11.1 Å². The quantitative estimate of drug-likeness (QED) is 0.842. The van der Waals surface area contributed by atoms with Crippen LogP contribution in [0.15, 0.2) is 22.7 Å². The van der Waals surface area contributed by atoms with Crippen molar-refractivity contribution < 1.29 is 0 Å². The fourth-order valence-electron chi connectivity index (χ4n) is 1.72. The van der Waals surface area contributed by atoms with Gasteiger partial charge < -0.3 is 11.5 Å². The van der Waals surface area contributed by atoms with Gasteiger partial charge in [-0.25, -0.2) is 4.98 Å². The molecule has 0 aliphatic heterocycles. The molecule has 1 aromatic carbocycles. The molecule has 0 aliphatic carbocycles. The predicted octanol–water partition coefficient (Wildman–Crippen LogP) is 3.11. The van der Waals surface area contributed by atoms with Gasteiger partial charge in [0.15, 0.2) is 0 Å². The van der Waals surface area contributed by atoms with Gasteiger partial charge in [-0.15, -0.1) is 12.4 Å². The second kappa shape index (κ2) is 5.54. The Morgan fingerprint density at radius 3 is 2.33 bits per heavy atom. The number of benzene rings is 1. The maximum atomic E-state index is 5.90. The molecule has 0 spiro atoms. The normalized spacial score (nSPS) is 9.94. The summed E-state index contributed by atoms with van der Waals surface area (Å²) in [4.78, 5) is 8.13. The van der Waals surface area contributed by atoms with E-state index in [0.29, 0.717) is 5.82 Å². The predicted molar refractivity (Wildman–Crippen MR) is 80.7 cm³/mol. The van der Waals surface area contributed by atoms with Crippen molar-refractivity contribution in [2.45, 2.75) is 13.8 Å². The van der Waals surface area contributed by atoms with Crippen LogP contribution >= 0.6 is 28.3 Å². The van der Waals surface area contributed by atoms with Crippen LogP contribution in [0.1, 0.15) is 11.3 Å².